The summed E-state index contributed by atoms with van der Waals surface area (Å²) in [6.07, 6.45) is 8.49. The molecule has 4 heteroatoms. The number of hydrogen-bond acceptors (Lipinski definition) is 3. The molecular formula is C21H30N2OS. The molecule has 4 aliphatic rings. The summed E-state index contributed by atoms with van der Waals surface area (Å²) in [5, 5.41) is 3.11. The molecule has 5 rings (SSSR count). The van der Waals surface area contributed by atoms with Crippen LogP contribution in [0.4, 0.5) is 5.69 Å². The summed E-state index contributed by atoms with van der Waals surface area (Å²) in [5.41, 5.74) is 2.35. The molecule has 4 saturated carbocycles. The third kappa shape index (κ3) is 3.84. The fourth-order valence-electron chi connectivity index (χ4n) is 5.59. The van der Waals surface area contributed by atoms with E-state index in [4.69, 9.17) is 0 Å². The normalized spacial score (nSPS) is 32.6. The number of benzene rings is 1. The Balaban J connectivity index is 1.25. The highest BCUT2D eigenvalue weighted by Crippen LogP contribution is 2.60. The number of nitrogens with zero attached hydrogens (tertiary/aromatic N) is 1. The van der Waals surface area contributed by atoms with Crippen LogP contribution in [0, 0.1) is 17.8 Å². The van der Waals surface area contributed by atoms with E-state index in [9.17, 15) is 4.79 Å². The summed E-state index contributed by atoms with van der Waals surface area (Å²) < 4.78 is 0.430. The number of nitrogens with one attached hydrogen (secondary N) is 1. The predicted octanol–water partition coefficient (Wildman–Crippen LogP) is 4.07. The lowest BCUT2D eigenvalue weighted by atomic mass is 9.56. The Kier molecular flexibility index (Phi) is 4.74. The van der Waals surface area contributed by atoms with Crippen LogP contribution < -0.4 is 10.2 Å². The van der Waals surface area contributed by atoms with Crippen LogP contribution >= 0.6 is 11.8 Å². The minimum Gasteiger partial charge on any atom is -0.378 e. The molecule has 0 atom stereocenters. The van der Waals surface area contributed by atoms with Crippen molar-refractivity contribution in [1.82, 2.24) is 5.32 Å². The molecule has 3 nitrogen and oxygen atoms in total. The third-order valence-electron chi connectivity index (χ3n) is 6.43. The van der Waals surface area contributed by atoms with E-state index < -0.39 is 0 Å². The standard InChI is InChI=1S/C21H30N2OS/c1-23(2)19-5-3-15(4-6-19)13-22-20(24)14-25-21-10-16-7-17(11-21)9-18(8-16)12-21/h3-6,16-18H,7-14H2,1-2H3,(H,22,24). The van der Waals surface area contributed by atoms with Crippen LogP contribution in [0.5, 0.6) is 0 Å². The average Bonchev–Trinajstić information content (AvgIpc) is 2.57. The van der Waals surface area contributed by atoms with E-state index in [0.717, 1.165) is 17.8 Å². The molecule has 4 fully saturated rings. The lowest BCUT2D eigenvalue weighted by molar-refractivity contribution is -0.118. The average molecular weight is 359 g/mol. The topological polar surface area (TPSA) is 32.3 Å². The van der Waals surface area contributed by atoms with Gasteiger partial charge in [-0.3, -0.25) is 4.79 Å². The Bertz CT molecular complexity index is 590. The molecule has 4 bridgehead atoms. The van der Waals surface area contributed by atoms with Crippen LogP contribution in [0.15, 0.2) is 24.3 Å². The number of rotatable bonds is 6. The van der Waals surface area contributed by atoms with Crippen molar-refractivity contribution in [2.45, 2.75) is 49.8 Å². The molecule has 0 unspecified atom stereocenters. The van der Waals surface area contributed by atoms with Crippen LogP contribution in [0.3, 0.4) is 0 Å². The number of anilines is 1. The van der Waals surface area contributed by atoms with E-state index in [2.05, 4.69) is 34.5 Å². The van der Waals surface area contributed by atoms with Crippen molar-refractivity contribution in [2.24, 2.45) is 17.8 Å². The quantitative estimate of drug-likeness (QED) is 0.832. The first-order valence-corrected chi connectivity index (χ1v) is 10.7. The summed E-state index contributed by atoms with van der Waals surface area (Å²) >= 11 is 1.96. The lowest BCUT2D eigenvalue weighted by Gasteiger charge is -2.56. The minimum absolute atomic E-state index is 0.192. The van der Waals surface area contributed by atoms with Gasteiger partial charge in [-0.25, -0.2) is 0 Å². The molecule has 1 amide bonds. The molecule has 1 aromatic carbocycles. The highest BCUT2D eigenvalue weighted by Gasteiger charge is 2.51. The summed E-state index contributed by atoms with van der Waals surface area (Å²) in [7, 11) is 4.08. The first kappa shape index (κ1) is 17.3. The van der Waals surface area contributed by atoms with Gasteiger partial charge in [0.2, 0.25) is 5.91 Å². The summed E-state index contributed by atoms with van der Waals surface area (Å²) in [5.74, 6) is 3.69. The Morgan fingerprint density at radius 1 is 1.08 bits per heavy atom. The van der Waals surface area contributed by atoms with E-state index in [0.29, 0.717) is 17.0 Å². The summed E-state index contributed by atoms with van der Waals surface area (Å²) in [4.78, 5) is 14.4. The molecule has 4 aliphatic carbocycles. The number of carbonyl (C=O) groups is 1. The predicted molar refractivity (Wildman–Crippen MR) is 106 cm³/mol. The SMILES string of the molecule is CN(C)c1ccc(CNC(=O)CSC23CC4CC(CC(C4)C2)C3)cc1. The van der Waals surface area contributed by atoms with Gasteiger partial charge in [-0.1, -0.05) is 12.1 Å². The first-order chi connectivity index (χ1) is 12.0. The van der Waals surface area contributed by atoms with Crippen molar-refractivity contribution in [3.05, 3.63) is 29.8 Å². The zero-order valence-electron chi connectivity index (χ0n) is 15.5. The Hall–Kier alpha value is -1.16. The summed E-state index contributed by atoms with van der Waals surface area (Å²) in [6.45, 7) is 0.633. The molecule has 136 valence electrons. The Labute approximate surface area is 155 Å². The van der Waals surface area contributed by atoms with Gasteiger partial charge in [0.05, 0.1) is 5.75 Å². The molecule has 25 heavy (non-hydrogen) atoms. The highest BCUT2D eigenvalue weighted by atomic mass is 32.2. The maximum Gasteiger partial charge on any atom is 0.230 e. The molecule has 1 aromatic rings. The van der Waals surface area contributed by atoms with Crippen LogP contribution in [-0.2, 0) is 11.3 Å². The van der Waals surface area contributed by atoms with Crippen molar-refractivity contribution < 1.29 is 4.79 Å². The van der Waals surface area contributed by atoms with Gasteiger partial charge in [-0.15, -0.1) is 11.8 Å². The first-order valence-electron chi connectivity index (χ1n) is 9.68. The van der Waals surface area contributed by atoms with E-state index in [-0.39, 0.29) is 5.91 Å². The second kappa shape index (κ2) is 6.86. The van der Waals surface area contributed by atoms with Gasteiger partial charge in [0.1, 0.15) is 0 Å². The van der Waals surface area contributed by atoms with Gasteiger partial charge >= 0.3 is 0 Å². The highest BCUT2D eigenvalue weighted by molar-refractivity contribution is 8.01. The van der Waals surface area contributed by atoms with Gasteiger partial charge in [-0.05, 0) is 74.0 Å². The Morgan fingerprint density at radius 2 is 1.64 bits per heavy atom. The van der Waals surface area contributed by atoms with Gasteiger partial charge in [0, 0.05) is 31.1 Å². The maximum absolute atomic E-state index is 12.3. The fourth-order valence-corrected chi connectivity index (χ4v) is 7.19. The van der Waals surface area contributed by atoms with Crippen molar-refractivity contribution >= 4 is 23.4 Å². The zero-order valence-corrected chi connectivity index (χ0v) is 16.3. The van der Waals surface area contributed by atoms with Gasteiger partial charge in [-0.2, -0.15) is 0 Å². The van der Waals surface area contributed by atoms with Crippen molar-refractivity contribution in [1.29, 1.82) is 0 Å². The number of amides is 1. The van der Waals surface area contributed by atoms with Crippen LogP contribution in [0.25, 0.3) is 0 Å². The van der Waals surface area contributed by atoms with Crippen LogP contribution in [-0.4, -0.2) is 30.5 Å². The number of hydrogen-bond donors (Lipinski definition) is 1. The fraction of sp³-hybridized carbons (Fsp3) is 0.667. The number of thioether (sulfide) groups is 1. The Morgan fingerprint density at radius 3 is 2.16 bits per heavy atom. The molecule has 0 saturated heterocycles. The van der Waals surface area contributed by atoms with Crippen LogP contribution in [0.2, 0.25) is 0 Å². The molecule has 0 aliphatic heterocycles. The van der Waals surface area contributed by atoms with Crippen molar-refractivity contribution in [3.8, 4) is 0 Å². The van der Waals surface area contributed by atoms with E-state index in [1.165, 1.54) is 49.8 Å². The van der Waals surface area contributed by atoms with Gasteiger partial charge in [0.25, 0.3) is 0 Å². The van der Waals surface area contributed by atoms with Crippen molar-refractivity contribution in [2.75, 3.05) is 24.7 Å². The molecule has 0 spiro atoms. The maximum atomic E-state index is 12.3. The lowest BCUT2D eigenvalue weighted by Crippen LogP contribution is -2.49. The zero-order chi connectivity index (χ0) is 17.4. The monoisotopic (exact) mass is 358 g/mol. The largest absolute Gasteiger partial charge is 0.378 e. The van der Waals surface area contributed by atoms with E-state index >= 15 is 0 Å². The third-order valence-corrected chi connectivity index (χ3v) is 7.95. The molecule has 1 N–H and O–H groups in total. The molecule has 0 aromatic heterocycles. The smallest absolute Gasteiger partial charge is 0.230 e. The van der Waals surface area contributed by atoms with Crippen LogP contribution in [0.1, 0.15) is 44.1 Å². The second-order valence-corrected chi connectivity index (χ2v) is 10.2. The van der Waals surface area contributed by atoms with Crippen molar-refractivity contribution in [3.63, 3.8) is 0 Å². The molecule has 0 heterocycles. The van der Waals surface area contributed by atoms with E-state index in [1.54, 1.807) is 0 Å². The van der Waals surface area contributed by atoms with Gasteiger partial charge in [0.15, 0.2) is 0 Å². The molecular weight excluding hydrogens is 328 g/mol. The van der Waals surface area contributed by atoms with E-state index in [1.807, 2.05) is 25.9 Å². The van der Waals surface area contributed by atoms with Gasteiger partial charge < -0.3 is 10.2 Å². The molecule has 0 radical (unpaired) electrons. The second-order valence-electron chi connectivity index (χ2n) is 8.73. The minimum atomic E-state index is 0.192. The summed E-state index contributed by atoms with van der Waals surface area (Å²) in [6, 6.07) is 8.40. The number of carbonyl (C=O) groups excluding carboxylic acids is 1.